The van der Waals surface area contributed by atoms with Crippen molar-refractivity contribution in [1.29, 1.82) is 0 Å². The number of nitrogens with zero attached hydrogens (tertiary/aromatic N) is 1. The number of hydrogen-bond donors (Lipinski definition) is 2. The van der Waals surface area contributed by atoms with Crippen LogP contribution in [0.15, 0.2) is 66.9 Å². The van der Waals surface area contributed by atoms with Crippen LogP contribution in [0.2, 0.25) is 0 Å². The van der Waals surface area contributed by atoms with Crippen LogP contribution in [0.4, 0.5) is 11.4 Å². The molecule has 3 rings (SSSR count). The number of benzene rings is 2. The van der Waals surface area contributed by atoms with E-state index in [0.29, 0.717) is 0 Å². The van der Waals surface area contributed by atoms with Crippen LogP contribution in [0.25, 0.3) is 22.4 Å². The van der Waals surface area contributed by atoms with Gasteiger partial charge in [-0.05, 0) is 35.9 Å². The number of nitrogens with two attached hydrogens (primary N) is 2. The van der Waals surface area contributed by atoms with Crippen LogP contribution in [0.1, 0.15) is 0 Å². The van der Waals surface area contributed by atoms with Gasteiger partial charge in [-0.1, -0.05) is 30.3 Å². The van der Waals surface area contributed by atoms with Gasteiger partial charge < -0.3 is 11.5 Å². The number of aromatic nitrogens is 1. The molecule has 1 heterocycles. The summed E-state index contributed by atoms with van der Waals surface area (Å²) in [5.74, 6) is 0. The molecule has 0 radical (unpaired) electrons. The minimum Gasteiger partial charge on any atom is -0.399 e. The van der Waals surface area contributed by atoms with Crippen molar-refractivity contribution < 1.29 is 0 Å². The first-order valence-electron chi connectivity index (χ1n) is 6.41. The summed E-state index contributed by atoms with van der Waals surface area (Å²) >= 11 is 0. The third kappa shape index (κ3) is 2.34. The van der Waals surface area contributed by atoms with Crippen molar-refractivity contribution >= 4 is 11.4 Å². The lowest BCUT2D eigenvalue weighted by atomic mass is 9.99. The Labute approximate surface area is 117 Å². The van der Waals surface area contributed by atoms with E-state index in [9.17, 15) is 0 Å². The average Bonchev–Trinajstić information content (AvgIpc) is 2.49. The molecule has 3 heteroatoms. The molecule has 4 N–H and O–H groups in total. The largest absolute Gasteiger partial charge is 0.399 e. The SMILES string of the molecule is Nc1ccc(-c2cccnc2-c2ccc(N)cc2)cc1. The van der Waals surface area contributed by atoms with Crippen molar-refractivity contribution in [3.8, 4) is 22.4 Å². The van der Waals surface area contributed by atoms with Gasteiger partial charge in [-0.2, -0.15) is 0 Å². The topological polar surface area (TPSA) is 64.9 Å². The molecule has 0 amide bonds. The Hall–Kier alpha value is -2.81. The quantitative estimate of drug-likeness (QED) is 0.693. The van der Waals surface area contributed by atoms with Gasteiger partial charge in [0.15, 0.2) is 0 Å². The zero-order valence-corrected chi connectivity index (χ0v) is 11.0. The average molecular weight is 261 g/mol. The molecule has 1 aromatic heterocycles. The van der Waals surface area contributed by atoms with Gasteiger partial charge in [0.05, 0.1) is 5.69 Å². The van der Waals surface area contributed by atoms with Gasteiger partial charge in [-0.15, -0.1) is 0 Å². The Morgan fingerprint density at radius 1 is 0.650 bits per heavy atom. The number of nitrogen functional groups attached to an aromatic ring is 2. The fourth-order valence-corrected chi connectivity index (χ4v) is 2.17. The van der Waals surface area contributed by atoms with E-state index >= 15 is 0 Å². The van der Waals surface area contributed by atoms with Crippen LogP contribution in [-0.2, 0) is 0 Å². The highest BCUT2D eigenvalue weighted by Gasteiger charge is 2.08. The van der Waals surface area contributed by atoms with Crippen LogP contribution in [0.3, 0.4) is 0 Å². The monoisotopic (exact) mass is 261 g/mol. The zero-order valence-electron chi connectivity index (χ0n) is 11.0. The van der Waals surface area contributed by atoms with Crippen molar-refractivity contribution in [2.45, 2.75) is 0 Å². The molecule has 3 nitrogen and oxygen atoms in total. The molecule has 0 saturated carbocycles. The molecule has 3 aromatic rings. The highest BCUT2D eigenvalue weighted by atomic mass is 14.7. The summed E-state index contributed by atoms with van der Waals surface area (Å²) in [5.41, 5.74) is 17.1. The standard InChI is InChI=1S/C17H15N3/c18-14-7-3-12(4-8-14)16-2-1-11-20-17(16)13-5-9-15(19)10-6-13/h1-11H,18-19H2. The summed E-state index contributed by atoms with van der Waals surface area (Å²) in [4.78, 5) is 4.51. The lowest BCUT2D eigenvalue weighted by Crippen LogP contribution is -1.90. The van der Waals surface area contributed by atoms with Gasteiger partial charge in [0, 0.05) is 28.7 Å². The summed E-state index contributed by atoms with van der Waals surface area (Å²) in [6.07, 6.45) is 1.80. The third-order valence-corrected chi connectivity index (χ3v) is 3.21. The summed E-state index contributed by atoms with van der Waals surface area (Å²) < 4.78 is 0. The second-order valence-electron chi connectivity index (χ2n) is 4.64. The van der Waals surface area contributed by atoms with E-state index in [1.165, 1.54) is 0 Å². The summed E-state index contributed by atoms with van der Waals surface area (Å²) in [6.45, 7) is 0. The number of pyridine rings is 1. The smallest absolute Gasteiger partial charge is 0.0780 e. The van der Waals surface area contributed by atoms with Gasteiger partial charge in [0.1, 0.15) is 0 Å². The van der Waals surface area contributed by atoms with E-state index in [0.717, 1.165) is 33.8 Å². The number of rotatable bonds is 2. The maximum absolute atomic E-state index is 5.74. The van der Waals surface area contributed by atoms with E-state index in [4.69, 9.17) is 11.5 Å². The minimum absolute atomic E-state index is 0.749. The molecule has 0 fully saturated rings. The van der Waals surface area contributed by atoms with Gasteiger partial charge in [-0.25, -0.2) is 0 Å². The van der Waals surface area contributed by atoms with Gasteiger partial charge in [-0.3, -0.25) is 4.98 Å². The predicted molar refractivity (Wildman–Crippen MR) is 83.9 cm³/mol. The molecule has 98 valence electrons. The van der Waals surface area contributed by atoms with Gasteiger partial charge >= 0.3 is 0 Å². The van der Waals surface area contributed by atoms with Crippen molar-refractivity contribution in [1.82, 2.24) is 4.98 Å². The van der Waals surface area contributed by atoms with E-state index in [-0.39, 0.29) is 0 Å². The number of hydrogen-bond acceptors (Lipinski definition) is 3. The van der Waals surface area contributed by atoms with Crippen LogP contribution in [0, 0.1) is 0 Å². The summed E-state index contributed by atoms with van der Waals surface area (Å²) in [6, 6.07) is 19.5. The highest BCUT2D eigenvalue weighted by molar-refractivity contribution is 5.81. The Bertz CT molecular complexity index is 651. The van der Waals surface area contributed by atoms with Crippen molar-refractivity contribution in [2.75, 3.05) is 11.5 Å². The minimum atomic E-state index is 0.749. The zero-order chi connectivity index (χ0) is 13.9. The third-order valence-electron chi connectivity index (χ3n) is 3.21. The first-order valence-corrected chi connectivity index (χ1v) is 6.41. The molecule has 0 aliphatic rings. The molecule has 0 bridgehead atoms. The maximum Gasteiger partial charge on any atom is 0.0780 e. The van der Waals surface area contributed by atoms with Crippen LogP contribution in [-0.4, -0.2) is 4.98 Å². The normalized spacial score (nSPS) is 10.4. The van der Waals surface area contributed by atoms with Crippen molar-refractivity contribution in [3.63, 3.8) is 0 Å². The molecule has 0 aliphatic heterocycles. The maximum atomic E-state index is 5.74. The Morgan fingerprint density at radius 3 is 1.80 bits per heavy atom. The molecule has 0 spiro atoms. The van der Waals surface area contributed by atoms with Crippen LogP contribution in [0.5, 0.6) is 0 Å². The molecule has 0 atom stereocenters. The van der Waals surface area contributed by atoms with Crippen LogP contribution >= 0.6 is 0 Å². The summed E-state index contributed by atoms with van der Waals surface area (Å²) in [7, 11) is 0. The molecular formula is C17H15N3. The Kier molecular flexibility index (Phi) is 3.09. The fraction of sp³-hybridized carbons (Fsp3) is 0. The first-order chi connectivity index (χ1) is 9.74. The number of anilines is 2. The second-order valence-corrected chi connectivity index (χ2v) is 4.64. The molecule has 20 heavy (non-hydrogen) atoms. The van der Waals surface area contributed by atoms with E-state index in [1.807, 2.05) is 54.6 Å². The lowest BCUT2D eigenvalue weighted by molar-refractivity contribution is 1.33. The molecule has 2 aromatic carbocycles. The van der Waals surface area contributed by atoms with E-state index in [1.54, 1.807) is 6.20 Å². The van der Waals surface area contributed by atoms with E-state index < -0.39 is 0 Å². The van der Waals surface area contributed by atoms with Crippen molar-refractivity contribution in [3.05, 3.63) is 66.9 Å². The van der Waals surface area contributed by atoms with E-state index in [2.05, 4.69) is 11.1 Å². The van der Waals surface area contributed by atoms with Crippen LogP contribution < -0.4 is 11.5 Å². The van der Waals surface area contributed by atoms with Gasteiger partial charge in [0.25, 0.3) is 0 Å². The van der Waals surface area contributed by atoms with Crippen molar-refractivity contribution in [2.24, 2.45) is 0 Å². The molecule has 0 unspecified atom stereocenters. The predicted octanol–water partition coefficient (Wildman–Crippen LogP) is 3.58. The Balaban J connectivity index is 2.13. The lowest BCUT2D eigenvalue weighted by Gasteiger charge is -2.09. The summed E-state index contributed by atoms with van der Waals surface area (Å²) in [5, 5.41) is 0. The van der Waals surface area contributed by atoms with Gasteiger partial charge in [0.2, 0.25) is 0 Å². The first kappa shape index (κ1) is 12.2. The Morgan fingerprint density at radius 2 is 1.20 bits per heavy atom. The molecule has 0 saturated heterocycles. The molecule has 0 aliphatic carbocycles. The highest BCUT2D eigenvalue weighted by Crippen LogP contribution is 2.30. The molecular weight excluding hydrogens is 246 g/mol. The second kappa shape index (κ2) is 5.05. The fourth-order valence-electron chi connectivity index (χ4n) is 2.17.